The highest BCUT2D eigenvalue weighted by Gasteiger charge is 2.26. The van der Waals surface area contributed by atoms with Gasteiger partial charge in [0.2, 0.25) is 11.8 Å². The molecule has 1 aliphatic rings. The fourth-order valence-electron chi connectivity index (χ4n) is 2.79. The molecule has 0 aromatic carbocycles. The molecule has 0 unspecified atom stereocenters. The molecule has 0 aromatic heterocycles. The molecule has 0 aromatic rings. The molecule has 1 fully saturated rings. The van der Waals surface area contributed by atoms with Gasteiger partial charge in [-0.3, -0.25) is 14.4 Å². The van der Waals surface area contributed by atoms with Crippen LogP contribution in [-0.4, -0.2) is 56.6 Å². The molecule has 1 rings (SSSR count). The van der Waals surface area contributed by atoms with Crippen molar-refractivity contribution in [3.8, 4) is 0 Å². The monoisotopic (exact) mass is 386 g/mol. The van der Waals surface area contributed by atoms with Crippen molar-refractivity contribution in [2.24, 2.45) is 5.92 Å². The zero-order chi connectivity index (χ0) is 20.5. The fourth-order valence-corrected chi connectivity index (χ4v) is 2.79. The largest absolute Gasteiger partial charge is 0.381 e. The first-order valence-electron chi connectivity index (χ1n) is 10.3. The van der Waals surface area contributed by atoms with E-state index in [9.17, 15) is 14.4 Å². The van der Waals surface area contributed by atoms with Gasteiger partial charge in [-0.25, -0.2) is 0 Å². The maximum atomic E-state index is 12.1. The Morgan fingerprint density at radius 1 is 0.963 bits per heavy atom. The van der Waals surface area contributed by atoms with Crippen LogP contribution in [0.2, 0.25) is 0 Å². The van der Waals surface area contributed by atoms with E-state index in [0.717, 1.165) is 25.7 Å². The molecule has 0 radical (unpaired) electrons. The van der Waals surface area contributed by atoms with E-state index >= 15 is 0 Å². The van der Waals surface area contributed by atoms with Gasteiger partial charge in [0.25, 0.3) is 0 Å². The molecule has 158 valence electrons. The van der Waals surface area contributed by atoms with Crippen LogP contribution < -0.4 is 10.6 Å². The summed E-state index contributed by atoms with van der Waals surface area (Å²) in [5, 5.41) is 5.87. The van der Waals surface area contributed by atoms with Gasteiger partial charge < -0.3 is 20.1 Å². The Morgan fingerprint density at radius 2 is 1.63 bits per heavy atom. The lowest BCUT2D eigenvalue weighted by atomic mass is 9.85. The summed E-state index contributed by atoms with van der Waals surface area (Å²) < 4.78 is 10.4. The van der Waals surface area contributed by atoms with Crippen LogP contribution in [0.5, 0.6) is 0 Å². The molecule has 0 saturated heterocycles. The Balaban J connectivity index is 0.00000326. The van der Waals surface area contributed by atoms with Gasteiger partial charge in [0.15, 0.2) is 5.78 Å². The van der Waals surface area contributed by atoms with E-state index in [1.54, 1.807) is 6.92 Å². The van der Waals surface area contributed by atoms with Gasteiger partial charge >= 0.3 is 0 Å². The number of amides is 2. The van der Waals surface area contributed by atoms with Crippen molar-refractivity contribution >= 4 is 17.6 Å². The highest BCUT2D eigenvalue weighted by atomic mass is 16.5. The standard InChI is InChI=1S/C18H32N2O5.C2H6/c1-3-16(21)13-25-12-10-19-18(23)14-5-7-15(8-6-14)20-17(22)9-11-24-4-2;1-2/h14-15H,3-13H2,1-2H3,(H,19,23)(H,20,22);1-2H3. The van der Waals surface area contributed by atoms with Crippen LogP contribution in [0.1, 0.15) is 66.2 Å². The van der Waals surface area contributed by atoms with Crippen LogP contribution in [0, 0.1) is 5.92 Å². The van der Waals surface area contributed by atoms with E-state index in [0.29, 0.717) is 39.2 Å². The first-order chi connectivity index (χ1) is 13.1. The van der Waals surface area contributed by atoms with Crippen LogP contribution >= 0.6 is 0 Å². The third kappa shape index (κ3) is 12.5. The van der Waals surface area contributed by atoms with Crippen molar-refractivity contribution in [3.05, 3.63) is 0 Å². The molecule has 2 N–H and O–H groups in total. The zero-order valence-electron chi connectivity index (χ0n) is 17.5. The first kappa shape index (κ1) is 25.5. The summed E-state index contributed by atoms with van der Waals surface area (Å²) in [4.78, 5) is 35.0. The van der Waals surface area contributed by atoms with Gasteiger partial charge in [0.05, 0.1) is 13.2 Å². The minimum absolute atomic E-state index is 0.00569. The molecule has 1 aliphatic carbocycles. The summed E-state index contributed by atoms with van der Waals surface area (Å²) in [6.45, 7) is 9.65. The number of Topliss-reactive ketones (excluding diaryl/α,β-unsaturated/α-hetero) is 1. The second-order valence-electron chi connectivity index (χ2n) is 6.30. The Morgan fingerprint density at radius 3 is 2.22 bits per heavy atom. The Labute approximate surface area is 163 Å². The molecular formula is C20H38N2O5. The quantitative estimate of drug-likeness (QED) is 0.502. The average molecular weight is 387 g/mol. The summed E-state index contributed by atoms with van der Waals surface area (Å²) in [5.74, 6) is 0.105. The smallest absolute Gasteiger partial charge is 0.223 e. The lowest BCUT2D eigenvalue weighted by molar-refractivity contribution is -0.126. The van der Waals surface area contributed by atoms with E-state index in [4.69, 9.17) is 9.47 Å². The highest BCUT2D eigenvalue weighted by Crippen LogP contribution is 2.24. The summed E-state index contributed by atoms with van der Waals surface area (Å²) in [5.41, 5.74) is 0. The van der Waals surface area contributed by atoms with Crippen molar-refractivity contribution < 1.29 is 23.9 Å². The van der Waals surface area contributed by atoms with Crippen LogP contribution in [0.4, 0.5) is 0 Å². The van der Waals surface area contributed by atoms with E-state index in [1.807, 2.05) is 20.8 Å². The number of carbonyl (C=O) groups excluding carboxylic acids is 3. The Hall–Kier alpha value is -1.47. The predicted octanol–water partition coefficient (Wildman–Crippen LogP) is 2.23. The van der Waals surface area contributed by atoms with Crippen molar-refractivity contribution in [2.45, 2.75) is 72.3 Å². The van der Waals surface area contributed by atoms with E-state index in [1.165, 1.54) is 0 Å². The number of nitrogens with one attached hydrogen (secondary N) is 2. The first-order valence-corrected chi connectivity index (χ1v) is 10.3. The molecule has 27 heavy (non-hydrogen) atoms. The molecule has 0 bridgehead atoms. The normalized spacial score (nSPS) is 18.8. The van der Waals surface area contributed by atoms with Gasteiger partial charge in [0, 0.05) is 38.0 Å². The van der Waals surface area contributed by atoms with Gasteiger partial charge in [-0.2, -0.15) is 0 Å². The van der Waals surface area contributed by atoms with Gasteiger partial charge in [-0.15, -0.1) is 0 Å². The second-order valence-corrected chi connectivity index (χ2v) is 6.30. The number of rotatable bonds is 12. The number of carbonyl (C=O) groups is 3. The minimum atomic E-state index is -0.00569. The van der Waals surface area contributed by atoms with Crippen molar-refractivity contribution in [2.75, 3.05) is 33.0 Å². The second kappa shape index (κ2) is 16.7. The van der Waals surface area contributed by atoms with Crippen LogP contribution in [0.3, 0.4) is 0 Å². The van der Waals surface area contributed by atoms with E-state index in [2.05, 4.69) is 10.6 Å². The number of ether oxygens (including phenoxy) is 2. The SMILES string of the molecule is CC.CCOCCC(=O)NC1CCC(C(=O)NCCOCC(=O)CC)CC1. The van der Waals surface area contributed by atoms with E-state index in [-0.39, 0.29) is 36.2 Å². The fraction of sp³-hybridized carbons (Fsp3) is 0.850. The summed E-state index contributed by atoms with van der Waals surface area (Å²) in [7, 11) is 0. The molecule has 0 heterocycles. The third-order valence-corrected chi connectivity index (χ3v) is 4.34. The molecule has 0 atom stereocenters. The molecule has 0 spiro atoms. The number of hydrogen-bond donors (Lipinski definition) is 2. The lowest BCUT2D eigenvalue weighted by Crippen LogP contribution is -2.41. The number of ketones is 1. The van der Waals surface area contributed by atoms with Gasteiger partial charge in [0.1, 0.15) is 6.61 Å². The average Bonchev–Trinajstić information content (AvgIpc) is 2.69. The van der Waals surface area contributed by atoms with Gasteiger partial charge in [-0.1, -0.05) is 20.8 Å². The molecule has 1 saturated carbocycles. The van der Waals surface area contributed by atoms with Crippen LogP contribution in [0.15, 0.2) is 0 Å². The third-order valence-electron chi connectivity index (χ3n) is 4.34. The van der Waals surface area contributed by atoms with Crippen molar-refractivity contribution in [3.63, 3.8) is 0 Å². The topological polar surface area (TPSA) is 93.7 Å². The minimum Gasteiger partial charge on any atom is -0.381 e. The van der Waals surface area contributed by atoms with Crippen LogP contribution in [0.25, 0.3) is 0 Å². The van der Waals surface area contributed by atoms with Crippen molar-refractivity contribution in [1.82, 2.24) is 10.6 Å². The molecular weight excluding hydrogens is 348 g/mol. The molecule has 0 aliphatic heterocycles. The predicted molar refractivity (Wildman–Crippen MR) is 105 cm³/mol. The summed E-state index contributed by atoms with van der Waals surface area (Å²) >= 11 is 0. The summed E-state index contributed by atoms with van der Waals surface area (Å²) in [6, 6.07) is 0.154. The van der Waals surface area contributed by atoms with Crippen molar-refractivity contribution in [1.29, 1.82) is 0 Å². The maximum Gasteiger partial charge on any atom is 0.223 e. The summed E-state index contributed by atoms with van der Waals surface area (Å²) in [6.07, 6.45) is 4.04. The Kier molecular flexibility index (Phi) is 15.8. The zero-order valence-corrected chi connectivity index (χ0v) is 17.5. The molecule has 2 amide bonds. The number of hydrogen-bond acceptors (Lipinski definition) is 5. The van der Waals surface area contributed by atoms with Gasteiger partial charge in [-0.05, 0) is 32.6 Å². The molecule has 7 nitrogen and oxygen atoms in total. The molecule has 7 heteroatoms. The maximum absolute atomic E-state index is 12.1. The lowest BCUT2D eigenvalue weighted by Gasteiger charge is -2.28. The van der Waals surface area contributed by atoms with Crippen LogP contribution in [-0.2, 0) is 23.9 Å². The Bertz CT molecular complexity index is 421. The van der Waals surface area contributed by atoms with E-state index < -0.39 is 0 Å². The highest BCUT2D eigenvalue weighted by molar-refractivity contribution is 5.79.